The van der Waals surface area contributed by atoms with E-state index < -0.39 is 5.97 Å². The van der Waals surface area contributed by atoms with Gasteiger partial charge < -0.3 is 9.84 Å². The van der Waals surface area contributed by atoms with E-state index >= 15 is 0 Å². The largest absolute Gasteiger partial charge is 0.481 e. The van der Waals surface area contributed by atoms with E-state index in [0.29, 0.717) is 18.3 Å². The van der Waals surface area contributed by atoms with Crippen LogP contribution in [0.15, 0.2) is 11.6 Å². The quantitative estimate of drug-likeness (QED) is 0.528. The molecular weight excluding hydrogens is 316 g/mol. The summed E-state index contributed by atoms with van der Waals surface area (Å²) in [5.41, 5.74) is 1.63. The number of fused-ring (bicyclic) bond motifs is 1. The molecule has 1 N–H and O–H groups in total. The third-order valence-corrected chi connectivity index (χ3v) is 7.52. The van der Waals surface area contributed by atoms with E-state index in [1.807, 2.05) is 6.92 Å². The summed E-state index contributed by atoms with van der Waals surface area (Å²) in [5.74, 6) is 0.521. The highest BCUT2D eigenvalue weighted by atomic mass is 16.5. The SMILES string of the molecule is CC1=C[C@@H](OC=O)C[C@@H]2[C@@](C)(CC[C@@H](C)CC(=O)O)[C@H](C)CC[C@@]12C. The van der Waals surface area contributed by atoms with Gasteiger partial charge in [-0.1, -0.05) is 33.3 Å². The van der Waals surface area contributed by atoms with Gasteiger partial charge in [-0.15, -0.1) is 0 Å². The third-order valence-electron chi connectivity index (χ3n) is 7.52. The van der Waals surface area contributed by atoms with Gasteiger partial charge in [0.1, 0.15) is 6.10 Å². The summed E-state index contributed by atoms with van der Waals surface area (Å²) in [7, 11) is 0. The van der Waals surface area contributed by atoms with Gasteiger partial charge in [0, 0.05) is 6.42 Å². The van der Waals surface area contributed by atoms with Crippen LogP contribution in [0, 0.1) is 28.6 Å². The smallest absolute Gasteiger partial charge is 0.303 e. The van der Waals surface area contributed by atoms with Crippen molar-refractivity contribution in [2.75, 3.05) is 0 Å². The molecule has 0 aromatic heterocycles. The van der Waals surface area contributed by atoms with E-state index in [2.05, 4.69) is 33.8 Å². The van der Waals surface area contributed by atoms with Crippen LogP contribution in [0.1, 0.15) is 73.1 Å². The summed E-state index contributed by atoms with van der Waals surface area (Å²) in [6.07, 6.45) is 7.45. The number of hydrogen-bond donors (Lipinski definition) is 1. The summed E-state index contributed by atoms with van der Waals surface area (Å²) in [4.78, 5) is 21.8. The number of carbonyl (C=O) groups is 2. The van der Waals surface area contributed by atoms with Crippen molar-refractivity contribution in [1.82, 2.24) is 0 Å². The molecule has 1 fully saturated rings. The minimum atomic E-state index is -0.713. The average molecular weight is 350 g/mol. The zero-order chi connectivity index (χ0) is 18.8. The number of ether oxygens (including phenoxy) is 1. The molecule has 0 amide bonds. The standard InChI is InChI=1S/C21H34O4/c1-14(10-19(23)24)6-8-20(4)15(2)7-9-21(5)16(3)11-17(25-13-22)12-18(20)21/h11,13-15,17-18H,6-10,12H2,1-5H3,(H,23,24)/t14-,15-,17-,18-,20+,21+/m1/s1. The van der Waals surface area contributed by atoms with Crippen LogP contribution in [0.3, 0.4) is 0 Å². The fraction of sp³-hybridized carbons (Fsp3) is 0.810. The molecule has 0 heterocycles. The molecule has 0 aliphatic heterocycles. The molecule has 0 unspecified atom stereocenters. The first-order valence-electron chi connectivity index (χ1n) is 9.63. The maximum atomic E-state index is 11.0. The molecule has 4 heteroatoms. The molecule has 0 radical (unpaired) electrons. The van der Waals surface area contributed by atoms with Gasteiger partial charge >= 0.3 is 5.97 Å². The van der Waals surface area contributed by atoms with Gasteiger partial charge in [-0.2, -0.15) is 0 Å². The first kappa shape index (κ1) is 20.0. The molecule has 25 heavy (non-hydrogen) atoms. The van der Waals surface area contributed by atoms with Crippen LogP contribution in [0.4, 0.5) is 0 Å². The van der Waals surface area contributed by atoms with E-state index in [0.717, 1.165) is 19.3 Å². The van der Waals surface area contributed by atoms with Crippen molar-refractivity contribution in [3.63, 3.8) is 0 Å². The normalized spacial score (nSPS) is 39.1. The summed E-state index contributed by atoms with van der Waals surface area (Å²) >= 11 is 0. The topological polar surface area (TPSA) is 63.6 Å². The summed E-state index contributed by atoms with van der Waals surface area (Å²) in [6, 6.07) is 0. The fourth-order valence-corrected chi connectivity index (χ4v) is 5.41. The molecule has 2 aliphatic carbocycles. The molecule has 0 saturated heterocycles. The van der Waals surface area contributed by atoms with Crippen LogP contribution >= 0.6 is 0 Å². The Hall–Kier alpha value is -1.32. The number of carbonyl (C=O) groups excluding carboxylic acids is 1. The Labute approximate surface area is 152 Å². The molecule has 6 atom stereocenters. The minimum Gasteiger partial charge on any atom is -0.481 e. The lowest BCUT2D eigenvalue weighted by Gasteiger charge is -2.59. The number of aliphatic carboxylic acids is 1. The summed E-state index contributed by atoms with van der Waals surface area (Å²) in [6.45, 7) is 11.9. The van der Waals surface area contributed by atoms with Crippen LogP contribution in [0.5, 0.6) is 0 Å². The van der Waals surface area contributed by atoms with Crippen molar-refractivity contribution >= 4 is 12.4 Å². The number of rotatable bonds is 7. The Balaban J connectivity index is 2.24. The van der Waals surface area contributed by atoms with Crippen LogP contribution in [0.2, 0.25) is 0 Å². The van der Waals surface area contributed by atoms with Crippen LogP contribution in [0.25, 0.3) is 0 Å². The Morgan fingerprint density at radius 3 is 2.76 bits per heavy atom. The second kappa shape index (κ2) is 7.51. The van der Waals surface area contributed by atoms with E-state index in [1.54, 1.807) is 0 Å². The Morgan fingerprint density at radius 1 is 1.48 bits per heavy atom. The zero-order valence-electron chi connectivity index (χ0n) is 16.4. The molecule has 0 spiro atoms. The molecule has 1 saturated carbocycles. The van der Waals surface area contributed by atoms with E-state index in [1.165, 1.54) is 18.4 Å². The van der Waals surface area contributed by atoms with Crippen molar-refractivity contribution < 1.29 is 19.4 Å². The van der Waals surface area contributed by atoms with Crippen molar-refractivity contribution in [1.29, 1.82) is 0 Å². The predicted octanol–water partition coefficient (Wildman–Crippen LogP) is 4.83. The number of hydrogen-bond acceptors (Lipinski definition) is 3. The highest BCUT2D eigenvalue weighted by Crippen LogP contribution is 2.62. The van der Waals surface area contributed by atoms with Crippen molar-refractivity contribution in [2.24, 2.45) is 28.6 Å². The molecule has 4 nitrogen and oxygen atoms in total. The number of carboxylic acids is 1. The van der Waals surface area contributed by atoms with Crippen LogP contribution in [-0.4, -0.2) is 23.7 Å². The van der Waals surface area contributed by atoms with Gasteiger partial charge in [-0.3, -0.25) is 9.59 Å². The van der Waals surface area contributed by atoms with Gasteiger partial charge in [0.05, 0.1) is 0 Å². The average Bonchev–Trinajstić information content (AvgIpc) is 2.52. The van der Waals surface area contributed by atoms with E-state index in [4.69, 9.17) is 9.84 Å². The fourth-order valence-electron chi connectivity index (χ4n) is 5.41. The van der Waals surface area contributed by atoms with Crippen molar-refractivity contribution in [2.45, 2.75) is 79.2 Å². The molecule has 0 bridgehead atoms. The van der Waals surface area contributed by atoms with Crippen LogP contribution in [-0.2, 0) is 14.3 Å². The van der Waals surface area contributed by atoms with E-state index in [9.17, 15) is 9.59 Å². The first-order valence-corrected chi connectivity index (χ1v) is 9.63. The molecule has 0 aromatic carbocycles. The number of allylic oxidation sites excluding steroid dienone is 1. The maximum Gasteiger partial charge on any atom is 0.303 e. The number of carboxylic acid groups (broad SMARTS) is 1. The van der Waals surface area contributed by atoms with Gasteiger partial charge in [0.15, 0.2) is 0 Å². The van der Waals surface area contributed by atoms with Gasteiger partial charge in [0.25, 0.3) is 6.47 Å². The van der Waals surface area contributed by atoms with E-state index in [-0.39, 0.29) is 29.3 Å². The predicted molar refractivity (Wildman–Crippen MR) is 98.1 cm³/mol. The first-order chi connectivity index (χ1) is 11.6. The summed E-state index contributed by atoms with van der Waals surface area (Å²) in [5, 5.41) is 9.04. The molecule has 2 aliphatic rings. The second-order valence-electron chi connectivity index (χ2n) is 9.01. The lowest BCUT2D eigenvalue weighted by molar-refractivity contribution is -0.138. The second-order valence-corrected chi connectivity index (χ2v) is 9.01. The highest BCUT2D eigenvalue weighted by molar-refractivity contribution is 5.66. The molecule has 142 valence electrons. The molecule has 2 rings (SSSR count). The lowest BCUT2D eigenvalue weighted by atomic mass is 9.46. The Kier molecular flexibility index (Phi) is 6.01. The van der Waals surface area contributed by atoms with Crippen LogP contribution < -0.4 is 0 Å². The minimum absolute atomic E-state index is 0.128. The Morgan fingerprint density at radius 2 is 2.16 bits per heavy atom. The third kappa shape index (κ3) is 3.93. The monoisotopic (exact) mass is 350 g/mol. The molecule has 0 aromatic rings. The van der Waals surface area contributed by atoms with Gasteiger partial charge in [-0.25, -0.2) is 0 Å². The zero-order valence-corrected chi connectivity index (χ0v) is 16.4. The van der Waals surface area contributed by atoms with Crippen molar-refractivity contribution in [3.05, 3.63) is 11.6 Å². The Bertz CT molecular complexity index is 540. The summed E-state index contributed by atoms with van der Waals surface area (Å²) < 4.78 is 5.32. The lowest BCUT2D eigenvalue weighted by Crippen LogP contribution is -2.51. The molecular formula is C21H34O4. The van der Waals surface area contributed by atoms with Crippen molar-refractivity contribution in [3.8, 4) is 0 Å². The van der Waals surface area contributed by atoms with Gasteiger partial charge in [-0.05, 0) is 73.7 Å². The van der Waals surface area contributed by atoms with Gasteiger partial charge in [0.2, 0.25) is 0 Å². The highest BCUT2D eigenvalue weighted by Gasteiger charge is 2.54. The maximum absolute atomic E-state index is 11.0.